The minimum Gasteiger partial charge on any atom is -0.354 e. The van der Waals surface area contributed by atoms with Crippen LogP contribution in [0, 0.1) is 0 Å². The Morgan fingerprint density at radius 2 is 1.65 bits per heavy atom. The van der Waals surface area contributed by atoms with Crippen LogP contribution in [0.1, 0.15) is 17.5 Å². The first kappa shape index (κ1) is 29.2. The highest BCUT2D eigenvalue weighted by molar-refractivity contribution is 7.98. The van der Waals surface area contributed by atoms with Gasteiger partial charge in [0, 0.05) is 17.3 Å². The number of anilines is 1. The molecule has 0 saturated heterocycles. The van der Waals surface area contributed by atoms with Gasteiger partial charge in [-0.3, -0.25) is 9.10 Å². The summed E-state index contributed by atoms with van der Waals surface area (Å²) in [5, 5.41) is 3.06. The molecule has 37 heavy (non-hydrogen) atoms. The van der Waals surface area contributed by atoms with Gasteiger partial charge in [-0.05, 0) is 60.2 Å². The standard InChI is InChI=1S/C25H23Cl2F3N2O3S2/c26-20-10-7-18(8-11-20)17-36-14-4-13-31-24(33)16-32(37(34,35)21-5-2-1-3-6-21)23-15-19(25(28,29)30)9-12-22(23)27/h1-3,5-12,15H,4,13-14,16-17H2,(H,31,33). The van der Waals surface area contributed by atoms with Crippen LogP contribution in [0.25, 0.3) is 0 Å². The number of alkyl halides is 3. The van der Waals surface area contributed by atoms with Crippen LogP contribution in [0.5, 0.6) is 0 Å². The fourth-order valence-corrected chi connectivity index (χ4v) is 6.03. The number of benzene rings is 3. The van der Waals surface area contributed by atoms with Gasteiger partial charge < -0.3 is 5.32 Å². The number of hydrogen-bond donors (Lipinski definition) is 1. The van der Waals surface area contributed by atoms with Crippen LogP contribution in [0.15, 0.2) is 77.7 Å². The van der Waals surface area contributed by atoms with E-state index >= 15 is 0 Å². The molecular formula is C25H23Cl2F3N2O3S2. The molecule has 0 aromatic heterocycles. The minimum absolute atomic E-state index is 0.185. The smallest absolute Gasteiger partial charge is 0.354 e. The number of sulfonamides is 1. The van der Waals surface area contributed by atoms with E-state index in [0.29, 0.717) is 21.8 Å². The first-order valence-corrected chi connectivity index (χ1v) is 14.4. The second-order valence-electron chi connectivity index (χ2n) is 7.87. The molecule has 3 aromatic rings. The van der Waals surface area contributed by atoms with Gasteiger partial charge in [-0.2, -0.15) is 24.9 Å². The van der Waals surface area contributed by atoms with Crippen molar-refractivity contribution in [2.75, 3.05) is 23.1 Å². The molecule has 12 heteroatoms. The molecule has 3 aromatic carbocycles. The van der Waals surface area contributed by atoms with Crippen LogP contribution in [-0.2, 0) is 26.7 Å². The van der Waals surface area contributed by atoms with Crippen LogP contribution < -0.4 is 9.62 Å². The van der Waals surface area contributed by atoms with Crippen molar-refractivity contribution in [1.29, 1.82) is 0 Å². The average molecular weight is 592 g/mol. The highest BCUT2D eigenvalue weighted by Crippen LogP contribution is 2.37. The third-order valence-corrected chi connectivity index (χ3v) is 8.59. The van der Waals surface area contributed by atoms with E-state index in [1.165, 1.54) is 24.3 Å². The number of nitrogens with one attached hydrogen (secondary N) is 1. The molecule has 0 aliphatic heterocycles. The molecular weight excluding hydrogens is 568 g/mol. The summed E-state index contributed by atoms with van der Waals surface area (Å²) in [6, 6.07) is 16.9. The number of hydrogen-bond acceptors (Lipinski definition) is 4. The van der Waals surface area contributed by atoms with Gasteiger partial charge in [-0.15, -0.1) is 0 Å². The number of amides is 1. The molecule has 0 aliphatic carbocycles. The van der Waals surface area contributed by atoms with Gasteiger partial charge >= 0.3 is 6.18 Å². The molecule has 1 N–H and O–H groups in total. The van der Waals surface area contributed by atoms with E-state index in [1.54, 1.807) is 17.8 Å². The second-order valence-corrected chi connectivity index (χ2v) is 11.7. The quantitative estimate of drug-likeness (QED) is 0.254. The minimum atomic E-state index is -4.73. The Kier molecular flexibility index (Phi) is 10.2. The van der Waals surface area contributed by atoms with Crippen LogP contribution in [-0.4, -0.2) is 33.2 Å². The van der Waals surface area contributed by atoms with Gasteiger partial charge in [0.1, 0.15) is 6.54 Å². The Morgan fingerprint density at radius 3 is 2.30 bits per heavy atom. The Hall–Kier alpha value is -2.40. The van der Waals surface area contributed by atoms with Crippen molar-refractivity contribution in [1.82, 2.24) is 5.32 Å². The lowest BCUT2D eigenvalue weighted by atomic mass is 10.2. The van der Waals surface area contributed by atoms with Crippen LogP contribution >= 0.6 is 35.0 Å². The summed E-state index contributed by atoms with van der Waals surface area (Å²) in [4.78, 5) is 12.5. The first-order chi connectivity index (χ1) is 17.5. The molecule has 0 radical (unpaired) electrons. The summed E-state index contributed by atoms with van der Waals surface area (Å²) in [5.41, 5.74) is -0.412. The van der Waals surface area contributed by atoms with Gasteiger partial charge in [0.25, 0.3) is 10.0 Å². The number of carbonyl (C=O) groups excluding carboxylic acids is 1. The van der Waals surface area contributed by atoms with Crippen molar-refractivity contribution in [2.45, 2.75) is 23.2 Å². The average Bonchev–Trinajstić information content (AvgIpc) is 2.86. The van der Waals surface area contributed by atoms with Crippen molar-refractivity contribution in [3.8, 4) is 0 Å². The molecule has 0 atom stereocenters. The number of nitrogens with zero attached hydrogens (tertiary/aromatic N) is 1. The molecule has 198 valence electrons. The highest BCUT2D eigenvalue weighted by Gasteiger charge is 2.34. The van der Waals surface area contributed by atoms with E-state index in [4.69, 9.17) is 23.2 Å². The van der Waals surface area contributed by atoms with E-state index in [-0.39, 0.29) is 16.5 Å². The summed E-state index contributed by atoms with van der Waals surface area (Å²) in [5.74, 6) is 0.826. The van der Waals surface area contributed by atoms with Crippen LogP contribution in [0.2, 0.25) is 10.0 Å². The highest BCUT2D eigenvalue weighted by atomic mass is 35.5. The topological polar surface area (TPSA) is 66.5 Å². The fourth-order valence-electron chi connectivity index (χ4n) is 3.26. The van der Waals surface area contributed by atoms with Gasteiger partial charge in [0.15, 0.2) is 0 Å². The first-order valence-electron chi connectivity index (χ1n) is 11.0. The van der Waals surface area contributed by atoms with Crippen molar-refractivity contribution >= 4 is 56.6 Å². The number of halogens is 5. The fraction of sp³-hybridized carbons (Fsp3) is 0.240. The Labute approximate surface area is 228 Å². The maximum atomic E-state index is 13.3. The third kappa shape index (κ3) is 8.29. The number of rotatable bonds is 11. The zero-order valence-electron chi connectivity index (χ0n) is 19.3. The summed E-state index contributed by atoms with van der Waals surface area (Å²) in [7, 11) is -4.40. The maximum absolute atomic E-state index is 13.3. The predicted octanol–water partition coefficient (Wildman–Crippen LogP) is 6.65. The van der Waals surface area contributed by atoms with Crippen molar-refractivity contribution in [2.24, 2.45) is 0 Å². The van der Waals surface area contributed by atoms with Gasteiger partial charge in [0.05, 0.1) is 21.2 Å². The lowest BCUT2D eigenvalue weighted by Gasteiger charge is -2.25. The Morgan fingerprint density at radius 1 is 0.973 bits per heavy atom. The molecule has 3 rings (SSSR count). The zero-order valence-corrected chi connectivity index (χ0v) is 22.5. The van der Waals surface area contributed by atoms with Crippen molar-refractivity contribution < 1.29 is 26.4 Å². The maximum Gasteiger partial charge on any atom is 0.416 e. The summed E-state index contributed by atoms with van der Waals surface area (Å²) >= 11 is 13.7. The lowest BCUT2D eigenvalue weighted by molar-refractivity contribution is -0.137. The number of thioether (sulfide) groups is 1. The molecule has 5 nitrogen and oxygen atoms in total. The van der Waals surface area contributed by atoms with Gasteiger partial charge in [0.2, 0.25) is 5.91 Å². The third-order valence-electron chi connectivity index (χ3n) is 5.13. The van der Waals surface area contributed by atoms with Gasteiger partial charge in [-0.25, -0.2) is 8.42 Å². The summed E-state index contributed by atoms with van der Waals surface area (Å²) < 4.78 is 67.3. The SMILES string of the molecule is O=C(CN(c1cc(C(F)(F)F)ccc1Cl)S(=O)(=O)c1ccccc1)NCCCSCc1ccc(Cl)cc1. The van der Waals surface area contributed by atoms with Crippen molar-refractivity contribution in [3.63, 3.8) is 0 Å². The lowest BCUT2D eigenvalue weighted by Crippen LogP contribution is -2.41. The predicted molar refractivity (Wildman–Crippen MR) is 143 cm³/mol. The van der Waals surface area contributed by atoms with E-state index in [9.17, 15) is 26.4 Å². The molecule has 0 aliphatic rings. The molecule has 0 fully saturated rings. The monoisotopic (exact) mass is 590 g/mol. The van der Waals surface area contributed by atoms with Crippen LogP contribution in [0.4, 0.5) is 18.9 Å². The molecule has 0 saturated carbocycles. The largest absolute Gasteiger partial charge is 0.416 e. The normalized spacial score (nSPS) is 11.8. The van der Waals surface area contributed by atoms with E-state index < -0.39 is 39.9 Å². The summed E-state index contributed by atoms with van der Waals surface area (Å²) in [6.45, 7) is -0.474. The molecule has 1 amide bonds. The van der Waals surface area contributed by atoms with Crippen molar-refractivity contribution in [3.05, 3.63) is 94.0 Å². The van der Waals surface area contributed by atoms with E-state index in [0.717, 1.165) is 29.2 Å². The van der Waals surface area contributed by atoms with Crippen LogP contribution in [0.3, 0.4) is 0 Å². The molecule has 0 heterocycles. The zero-order chi connectivity index (χ0) is 27.1. The second kappa shape index (κ2) is 12.9. The summed E-state index contributed by atoms with van der Waals surface area (Å²) in [6.07, 6.45) is -4.12. The van der Waals surface area contributed by atoms with E-state index in [2.05, 4.69) is 5.32 Å². The molecule has 0 unspecified atom stereocenters. The molecule has 0 bridgehead atoms. The Balaban J connectivity index is 1.69. The molecule has 0 spiro atoms. The number of carbonyl (C=O) groups is 1. The van der Waals surface area contributed by atoms with Gasteiger partial charge in [-0.1, -0.05) is 53.5 Å². The van der Waals surface area contributed by atoms with E-state index in [1.807, 2.05) is 24.3 Å². The Bertz CT molecular complexity index is 1310.